The summed E-state index contributed by atoms with van der Waals surface area (Å²) in [6.45, 7) is 6.04. The van der Waals surface area contributed by atoms with Crippen LogP contribution in [0.5, 0.6) is 11.5 Å². The number of Topliss-reactive ketones (excluding diaryl/α,β-unsaturated/α-hetero) is 1. The number of phenolic OH excluding ortho intramolecular Hbond substituents is 1. The van der Waals surface area contributed by atoms with Gasteiger partial charge in [0.15, 0.2) is 0 Å². The van der Waals surface area contributed by atoms with Crippen molar-refractivity contribution in [2.75, 3.05) is 14.2 Å². The average molecular weight is 530 g/mol. The molecule has 0 radical (unpaired) electrons. The fourth-order valence-electron chi connectivity index (χ4n) is 4.74. The SMILES string of the molecule is COC(=O)c1ccc(CN2C(=O)C(=O)/C(=C(\O)c3ccc(OC)c(C(C)(C)C)c3)C2c2cccc(O)c2)cc1. The molecule has 8 nitrogen and oxygen atoms in total. The van der Waals surface area contributed by atoms with Crippen LogP contribution in [0.15, 0.2) is 72.3 Å². The van der Waals surface area contributed by atoms with E-state index < -0.39 is 23.7 Å². The van der Waals surface area contributed by atoms with Gasteiger partial charge in [-0.3, -0.25) is 9.59 Å². The highest BCUT2D eigenvalue weighted by Crippen LogP contribution is 2.42. The summed E-state index contributed by atoms with van der Waals surface area (Å²) < 4.78 is 10.2. The lowest BCUT2D eigenvalue weighted by Gasteiger charge is -2.26. The maximum absolute atomic E-state index is 13.4. The zero-order valence-corrected chi connectivity index (χ0v) is 22.5. The fourth-order valence-corrected chi connectivity index (χ4v) is 4.74. The van der Waals surface area contributed by atoms with Crippen LogP contribution in [0.25, 0.3) is 5.76 Å². The van der Waals surface area contributed by atoms with Crippen molar-refractivity contribution >= 4 is 23.4 Å². The van der Waals surface area contributed by atoms with Gasteiger partial charge in [-0.05, 0) is 59.0 Å². The Kier molecular flexibility index (Phi) is 7.49. The Morgan fingerprint density at radius 2 is 1.62 bits per heavy atom. The number of carbonyl (C=O) groups excluding carboxylic acids is 3. The monoisotopic (exact) mass is 529 g/mol. The number of ether oxygens (including phenoxy) is 2. The van der Waals surface area contributed by atoms with Crippen LogP contribution in [-0.4, -0.2) is 47.0 Å². The van der Waals surface area contributed by atoms with Crippen LogP contribution in [0.4, 0.5) is 0 Å². The number of likely N-dealkylation sites (tertiary alicyclic amines) is 1. The van der Waals surface area contributed by atoms with Gasteiger partial charge in [0.05, 0.1) is 31.4 Å². The van der Waals surface area contributed by atoms with Crippen molar-refractivity contribution in [2.45, 2.75) is 38.8 Å². The van der Waals surface area contributed by atoms with E-state index in [1.807, 2.05) is 20.8 Å². The molecule has 1 amide bonds. The van der Waals surface area contributed by atoms with Gasteiger partial charge in [0.25, 0.3) is 11.7 Å². The number of rotatable bonds is 6. The number of aliphatic hydroxyl groups is 1. The van der Waals surface area contributed by atoms with E-state index in [9.17, 15) is 24.6 Å². The van der Waals surface area contributed by atoms with Crippen molar-refractivity contribution < 1.29 is 34.1 Å². The molecular weight excluding hydrogens is 498 g/mol. The van der Waals surface area contributed by atoms with Crippen molar-refractivity contribution in [3.63, 3.8) is 0 Å². The Hall–Kier alpha value is -4.59. The standard InChI is InChI=1S/C31H31NO7/c1-31(2,3)23-16-21(13-14-24(23)38-4)27(34)25-26(20-7-6-8-22(33)15-20)32(29(36)28(25)35)17-18-9-11-19(12-10-18)30(37)39-5/h6-16,26,33-34H,17H2,1-5H3/b27-25-. The topological polar surface area (TPSA) is 113 Å². The highest BCUT2D eigenvalue weighted by Gasteiger charge is 2.46. The quantitative estimate of drug-likeness (QED) is 0.198. The highest BCUT2D eigenvalue weighted by atomic mass is 16.5. The Labute approximate surface area is 227 Å². The number of hydrogen-bond acceptors (Lipinski definition) is 7. The lowest BCUT2D eigenvalue weighted by atomic mass is 9.84. The Balaban J connectivity index is 1.84. The maximum atomic E-state index is 13.4. The number of benzene rings is 3. The number of esters is 1. The molecule has 0 bridgehead atoms. The van der Waals surface area contributed by atoms with Gasteiger partial charge in [0.2, 0.25) is 0 Å². The van der Waals surface area contributed by atoms with E-state index in [2.05, 4.69) is 0 Å². The first-order chi connectivity index (χ1) is 18.5. The number of amides is 1. The van der Waals surface area contributed by atoms with Gasteiger partial charge >= 0.3 is 5.97 Å². The maximum Gasteiger partial charge on any atom is 0.337 e. The minimum Gasteiger partial charge on any atom is -0.508 e. The van der Waals surface area contributed by atoms with Crippen LogP contribution in [0.2, 0.25) is 0 Å². The van der Waals surface area contributed by atoms with E-state index in [0.717, 1.165) is 5.56 Å². The zero-order valence-electron chi connectivity index (χ0n) is 22.5. The number of nitrogens with zero attached hydrogens (tertiary/aromatic N) is 1. The Bertz CT molecular complexity index is 1460. The molecule has 202 valence electrons. The first-order valence-corrected chi connectivity index (χ1v) is 12.4. The lowest BCUT2D eigenvalue weighted by molar-refractivity contribution is -0.140. The second-order valence-electron chi connectivity index (χ2n) is 10.4. The minimum absolute atomic E-state index is 0.0268. The van der Waals surface area contributed by atoms with Gasteiger partial charge < -0.3 is 24.6 Å². The minimum atomic E-state index is -0.961. The van der Waals surface area contributed by atoms with Gasteiger partial charge in [-0.25, -0.2) is 4.79 Å². The van der Waals surface area contributed by atoms with Crippen LogP contribution in [0, 0.1) is 0 Å². The van der Waals surface area contributed by atoms with Crippen molar-refractivity contribution in [1.29, 1.82) is 0 Å². The molecule has 1 atom stereocenters. The molecule has 8 heteroatoms. The van der Waals surface area contributed by atoms with Crippen LogP contribution in [0.1, 0.15) is 59.4 Å². The number of carbonyl (C=O) groups is 3. The van der Waals surface area contributed by atoms with E-state index >= 15 is 0 Å². The van der Waals surface area contributed by atoms with Gasteiger partial charge in [-0.15, -0.1) is 0 Å². The fraction of sp³-hybridized carbons (Fsp3) is 0.258. The third kappa shape index (κ3) is 5.36. The molecule has 2 N–H and O–H groups in total. The summed E-state index contributed by atoms with van der Waals surface area (Å²) in [6.07, 6.45) is 0. The van der Waals surface area contributed by atoms with Crippen molar-refractivity contribution in [3.8, 4) is 11.5 Å². The van der Waals surface area contributed by atoms with E-state index in [1.54, 1.807) is 61.7 Å². The van der Waals surface area contributed by atoms with Gasteiger partial charge in [0.1, 0.15) is 17.3 Å². The summed E-state index contributed by atoms with van der Waals surface area (Å²) >= 11 is 0. The first kappa shape index (κ1) is 27.4. The van der Waals surface area contributed by atoms with E-state index in [1.165, 1.54) is 24.1 Å². The van der Waals surface area contributed by atoms with Crippen LogP contribution >= 0.6 is 0 Å². The molecule has 1 saturated heterocycles. The van der Waals surface area contributed by atoms with Gasteiger partial charge in [-0.1, -0.05) is 45.0 Å². The number of aliphatic hydroxyl groups excluding tert-OH is 1. The second-order valence-corrected chi connectivity index (χ2v) is 10.4. The molecule has 1 heterocycles. The number of aromatic hydroxyl groups is 1. The average Bonchev–Trinajstić information content (AvgIpc) is 3.16. The van der Waals surface area contributed by atoms with Crippen molar-refractivity contribution in [2.24, 2.45) is 0 Å². The predicted molar refractivity (Wildman–Crippen MR) is 145 cm³/mol. The molecule has 1 aliphatic heterocycles. The van der Waals surface area contributed by atoms with Crippen LogP contribution < -0.4 is 4.74 Å². The number of phenols is 1. The molecule has 3 aromatic carbocycles. The second kappa shape index (κ2) is 10.6. The molecule has 1 unspecified atom stereocenters. The molecule has 0 aliphatic carbocycles. The third-order valence-electron chi connectivity index (χ3n) is 6.73. The summed E-state index contributed by atoms with van der Waals surface area (Å²) in [6, 6.07) is 16.9. The lowest BCUT2D eigenvalue weighted by Crippen LogP contribution is -2.29. The summed E-state index contributed by atoms with van der Waals surface area (Å²) in [5.41, 5.74) is 2.26. The first-order valence-electron chi connectivity index (χ1n) is 12.4. The number of hydrogen-bond donors (Lipinski definition) is 2. The zero-order chi connectivity index (χ0) is 28.5. The van der Waals surface area contributed by atoms with Crippen LogP contribution in [-0.2, 0) is 26.3 Å². The summed E-state index contributed by atoms with van der Waals surface area (Å²) in [5, 5.41) is 21.7. The molecule has 0 saturated carbocycles. The highest BCUT2D eigenvalue weighted by molar-refractivity contribution is 6.46. The van der Waals surface area contributed by atoms with Crippen molar-refractivity contribution in [1.82, 2.24) is 4.90 Å². The summed E-state index contributed by atoms with van der Waals surface area (Å²) in [7, 11) is 2.85. The largest absolute Gasteiger partial charge is 0.508 e. The van der Waals surface area contributed by atoms with Gasteiger partial charge in [0, 0.05) is 17.7 Å². The van der Waals surface area contributed by atoms with Gasteiger partial charge in [-0.2, -0.15) is 0 Å². The van der Waals surface area contributed by atoms with E-state index in [4.69, 9.17) is 9.47 Å². The molecule has 1 aliphatic rings. The molecule has 0 spiro atoms. The van der Waals surface area contributed by atoms with Crippen LogP contribution in [0.3, 0.4) is 0 Å². The molecule has 39 heavy (non-hydrogen) atoms. The summed E-state index contributed by atoms with van der Waals surface area (Å²) in [4.78, 5) is 39.9. The third-order valence-corrected chi connectivity index (χ3v) is 6.73. The number of methoxy groups -OCH3 is 2. The predicted octanol–water partition coefficient (Wildman–Crippen LogP) is 5.11. The van der Waals surface area contributed by atoms with E-state index in [-0.39, 0.29) is 29.0 Å². The molecule has 0 aromatic heterocycles. The smallest absolute Gasteiger partial charge is 0.337 e. The Morgan fingerprint density at radius 1 is 0.949 bits per heavy atom. The van der Waals surface area contributed by atoms with Crippen molar-refractivity contribution in [3.05, 3.63) is 100 Å². The number of ketones is 1. The molecular formula is C31H31NO7. The molecule has 4 rings (SSSR count). The normalized spacial score (nSPS) is 16.8. The molecule has 1 fully saturated rings. The Morgan fingerprint density at radius 3 is 2.21 bits per heavy atom. The summed E-state index contributed by atoms with van der Waals surface area (Å²) in [5.74, 6) is -1.83. The molecule has 3 aromatic rings. The van der Waals surface area contributed by atoms with E-state index in [0.29, 0.717) is 28.0 Å².